The SMILES string of the molecule is Cc1cccc(NC(=O)NC2[C@H](C)CN(Cc3ccccc3)C[C@@H]2C)c1C. The van der Waals surface area contributed by atoms with Crippen LogP contribution in [0.3, 0.4) is 0 Å². The van der Waals surface area contributed by atoms with Gasteiger partial charge in [0.15, 0.2) is 0 Å². The number of hydrogen-bond acceptors (Lipinski definition) is 2. The van der Waals surface area contributed by atoms with Crippen molar-refractivity contribution in [2.45, 2.75) is 40.3 Å². The highest BCUT2D eigenvalue weighted by atomic mass is 16.2. The first kappa shape index (κ1) is 19.4. The van der Waals surface area contributed by atoms with Crippen molar-refractivity contribution in [3.63, 3.8) is 0 Å². The fourth-order valence-corrected chi connectivity index (χ4v) is 4.13. The standard InChI is InChI=1S/C23H31N3O/c1-16-9-8-12-21(19(16)4)24-23(27)25-22-17(2)13-26(14-18(22)3)15-20-10-6-5-7-11-20/h5-12,17-18,22H,13-15H2,1-4H3,(H2,24,25,27)/t17-,18+,22?. The van der Waals surface area contributed by atoms with E-state index in [0.717, 1.165) is 30.9 Å². The zero-order valence-electron chi connectivity index (χ0n) is 16.8. The van der Waals surface area contributed by atoms with Crippen LogP contribution in [0.2, 0.25) is 0 Å². The van der Waals surface area contributed by atoms with Gasteiger partial charge in [0.05, 0.1) is 0 Å². The van der Waals surface area contributed by atoms with E-state index in [1.165, 1.54) is 11.1 Å². The van der Waals surface area contributed by atoms with Crippen molar-refractivity contribution in [2.75, 3.05) is 18.4 Å². The number of aryl methyl sites for hydroxylation is 1. The molecule has 0 radical (unpaired) electrons. The molecule has 2 aromatic carbocycles. The van der Waals surface area contributed by atoms with E-state index in [1.54, 1.807) is 0 Å². The van der Waals surface area contributed by atoms with E-state index < -0.39 is 0 Å². The van der Waals surface area contributed by atoms with E-state index in [4.69, 9.17) is 0 Å². The van der Waals surface area contributed by atoms with Crippen molar-refractivity contribution in [1.82, 2.24) is 10.2 Å². The van der Waals surface area contributed by atoms with Crippen LogP contribution in [0.5, 0.6) is 0 Å². The summed E-state index contributed by atoms with van der Waals surface area (Å²) < 4.78 is 0. The first-order valence-corrected chi connectivity index (χ1v) is 9.84. The number of likely N-dealkylation sites (tertiary alicyclic amines) is 1. The Morgan fingerprint density at radius 2 is 1.67 bits per heavy atom. The average Bonchev–Trinajstić information content (AvgIpc) is 2.63. The minimum absolute atomic E-state index is 0.107. The second kappa shape index (κ2) is 8.57. The maximum atomic E-state index is 12.6. The summed E-state index contributed by atoms with van der Waals surface area (Å²) >= 11 is 0. The predicted octanol–water partition coefficient (Wildman–Crippen LogP) is 4.58. The number of urea groups is 1. The van der Waals surface area contributed by atoms with Crippen LogP contribution in [-0.2, 0) is 6.54 Å². The first-order chi connectivity index (χ1) is 12.9. The fraction of sp³-hybridized carbons (Fsp3) is 0.435. The van der Waals surface area contributed by atoms with Crippen LogP contribution in [0.25, 0.3) is 0 Å². The third kappa shape index (κ3) is 4.89. The Bertz CT molecular complexity index is 762. The topological polar surface area (TPSA) is 44.4 Å². The third-order valence-corrected chi connectivity index (χ3v) is 5.72. The maximum Gasteiger partial charge on any atom is 0.319 e. The van der Waals surface area contributed by atoms with E-state index in [9.17, 15) is 4.79 Å². The number of anilines is 1. The smallest absolute Gasteiger partial charge is 0.319 e. The van der Waals surface area contributed by atoms with Gasteiger partial charge in [0, 0.05) is 31.4 Å². The monoisotopic (exact) mass is 365 g/mol. The zero-order chi connectivity index (χ0) is 19.4. The highest BCUT2D eigenvalue weighted by Crippen LogP contribution is 2.24. The van der Waals surface area contributed by atoms with Gasteiger partial charge >= 0.3 is 6.03 Å². The second-order valence-electron chi connectivity index (χ2n) is 8.01. The van der Waals surface area contributed by atoms with Crippen LogP contribution in [0.15, 0.2) is 48.5 Å². The third-order valence-electron chi connectivity index (χ3n) is 5.72. The number of benzene rings is 2. The lowest BCUT2D eigenvalue weighted by atomic mass is 9.85. The predicted molar refractivity (Wildman–Crippen MR) is 112 cm³/mol. The Labute approximate surface area is 163 Å². The summed E-state index contributed by atoms with van der Waals surface area (Å²) in [4.78, 5) is 15.1. The molecule has 0 bridgehead atoms. The summed E-state index contributed by atoms with van der Waals surface area (Å²) in [5.41, 5.74) is 4.53. The quantitative estimate of drug-likeness (QED) is 0.833. The number of carbonyl (C=O) groups excluding carboxylic acids is 1. The van der Waals surface area contributed by atoms with Gasteiger partial charge in [0.2, 0.25) is 0 Å². The summed E-state index contributed by atoms with van der Waals surface area (Å²) in [7, 11) is 0. The van der Waals surface area contributed by atoms with Crippen LogP contribution in [0.4, 0.5) is 10.5 Å². The zero-order valence-corrected chi connectivity index (χ0v) is 16.8. The van der Waals surface area contributed by atoms with Crippen LogP contribution in [0.1, 0.15) is 30.5 Å². The molecular weight excluding hydrogens is 334 g/mol. The van der Waals surface area contributed by atoms with Crippen molar-refractivity contribution in [1.29, 1.82) is 0 Å². The van der Waals surface area contributed by atoms with E-state index in [-0.39, 0.29) is 12.1 Å². The van der Waals surface area contributed by atoms with Gasteiger partial charge in [0.1, 0.15) is 0 Å². The Hall–Kier alpha value is -2.33. The molecule has 4 nitrogen and oxygen atoms in total. The van der Waals surface area contributed by atoms with E-state index in [0.29, 0.717) is 11.8 Å². The van der Waals surface area contributed by atoms with Gasteiger partial charge < -0.3 is 10.6 Å². The Morgan fingerprint density at radius 1 is 1.00 bits per heavy atom. The van der Waals surface area contributed by atoms with Crippen molar-refractivity contribution < 1.29 is 4.79 Å². The first-order valence-electron chi connectivity index (χ1n) is 9.84. The molecule has 0 aliphatic carbocycles. The largest absolute Gasteiger partial charge is 0.335 e. The number of nitrogens with zero attached hydrogens (tertiary/aromatic N) is 1. The van der Waals surface area contributed by atoms with Gasteiger partial charge in [-0.15, -0.1) is 0 Å². The Balaban J connectivity index is 1.57. The molecule has 3 rings (SSSR count). The molecule has 4 heteroatoms. The van der Waals surface area contributed by atoms with E-state index in [1.807, 2.05) is 19.1 Å². The number of amides is 2. The molecule has 0 aromatic heterocycles. The van der Waals surface area contributed by atoms with Crippen molar-refractivity contribution in [3.05, 3.63) is 65.2 Å². The van der Waals surface area contributed by atoms with Crippen molar-refractivity contribution in [2.24, 2.45) is 11.8 Å². The molecule has 144 valence electrons. The Morgan fingerprint density at radius 3 is 2.33 bits per heavy atom. The van der Waals surface area contributed by atoms with E-state index in [2.05, 4.69) is 72.7 Å². The summed E-state index contributed by atoms with van der Waals surface area (Å²) in [5.74, 6) is 0.809. The molecule has 2 amide bonds. The summed E-state index contributed by atoms with van der Waals surface area (Å²) in [6, 6.07) is 16.7. The molecule has 1 aliphatic rings. The lowest BCUT2D eigenvalue weighted by Gasteiger charge is -2.41. The molecule has 1 fully saturated rings. The maximum absolute atomic E-state index is 12.6. The van der Waals surface area contributed by atoms with Gasteiger partial charge in [-0.25, -0.2) is 4.79 Å². The number of carbonyl (C=O) groups is 1. The van der Waals surface area contributed by atoms with Crippen LogP contribution in [0, 0.1) is 25.7 Å². The second-order valence-corrected chi connectivity index (χ2v) is 8.01. The molecule has 0 saturated carbocycles. The molecule has 0 spiro atoms. The highest BCUT2D eigenvalue weighted by molar-refractivity contribution is 5.90. The lowest BCUT2D eigenvalue weighted by Crippen LogP contribution is -2.55. The molecule has 3 atom stereocenters. The molecule has 1 aliphatic heterocycles. The minimum atomic E-state index is -0.107. The highest BCUT2D eigenvalue weighted by Gasteiger charge is 2.32. The summed E-state index contributed by atoms with van der Waals surface area (Å²) in [6.07, 6.45) is 0. The van der Waals surface area contributed by atoms with Crippen molar-refractivity contribution in [3.8, 4) is 0 Å². The Kier molecular flexibility index (Phi) is 6.17. The van der Waals surface area contributed by atoms with Crippen LogP contribution >= 0.6 is 0 Å². The van der Waals surface area contributed by atoms with E-state index >= 15 is 0 Å². The molecule has 1 unspecified atom stereocenters. The normalized spacial score (nSPS) is 23.0. The minimum Gasteiger partial charge on any atom is -0.335 e. The lowest BCUT2D eigenvalue weighted by molar-refractivity contribution is 0.0994. The van der Waals surface area contributed by atoms with Gasteiger partial charge in [-0.2, -0.15) is 0 Å². The van der Waals surface area contributed by atoms with Gasteiger partial charge in [-0.3, -0.25) is 4.90 Å². The van der Waals surface area contributed by atoms with Gasteiger partial charge in [-0.05, 0) is 48.4 Å². The molecule has 1 heterocycles. The molecule has 2 N–H and O–H groups in total. The molecule has 2 aromatic rings. The summed E-state index contributed by atoms with van der Waals surface area (Å²) in [6.45, 7) is 11.5. The van der Waals surface area contributed by atoms with Crippen molar-refractivity contribution >= 4 is 11.7 Å². The number of rotatable bonds is 4. The van der Waals surface area contributed by atoms with Crippen LogP contribution in [-0.4, -0.2) is 30.1 Å². The molecule has 1 saturated heterocycles. The number of piperidine rings is 1. The fourth-order valence-electron chi connectivity index (χ4n) is 4.13. The average molecular weight is 366 g/mol. The molecular formula is C23H31N3O. The molecule has 27 heavy (non-hydrogen) atoms. The van der Waals surface area contributed by atoms with Crippen LogP contribution < -0.4 is 10.6 Å². The number of nitrogens with one attached hydrogen (secondary N) is 2. The van der Waals surface area contributed by atoms with Gasteiger partial charge in [0.25, 0.3) is 0 Å². The van der Waals surface area contributed by atoms with Gasteiger partial charge in [-0.1, -0.05) is 56.3 Å². The summed E-state index contributed by atoms with van der Waals surface area (Å²) in [5, 5.41) is 6.25. The number of hydrogen-bond donors (Lipinski definition) is 2.